The number of methoxy groups -OCH3 is 1. The van der Waals surface area contributed by atoms with Gasteiger partial charge in [0.25, 0.3) is 0 Å². The van der Waals surface area contributed by atoms with Gasteiger partial charge in [-0.15, -0.1) is 0 Å². The molecule has 0 aromatic heterocycles. The van der Waals surface area contributed by atoms with E-state index in [2.05, 4.69) is 4.90 Å². The second kappa shape index (κ2) is 7.05. The van der Waals surface area contributed by atoms with E-state index in [9.17, 15) is 10.0 Å². The van der Waals surface area contributed by atoms with Crippen LogP contribution in [0.1, 0.15) is 18.4 Å². The van der Waals surface area contributed by atoms with Crippen LogP contribution in [0.15, 0.2) is 24.3 Å². The van der Waals surface area contributed by atoms with Gasteiger partial charge in [0.15, 0.2) is 0 Å². The number of rotatable bonds is 5. The lowest BCUT2D eigenvalue weighted by Crippen LogP contribution is -2.35. The van der Waals surface area contributed by atoms with Crippen LogP contribution in [-0.2, 0) is 11.3 Å². The summed E-state index contributed by atoms with van der Waals surface area (Å²) in [6.45, 7) is 3.90. The van der Waals surface area contributed by atoms with Crippen molar-refractivity contribution in [3.05, 3.63) is 29.8 Å². The molecule has 0 aliphatic carbocycles. The van der Waals surface area contributed by atoms with Crippen LogP contribution in [0.3, 0.4) is 0 Å². The van der Waals surface area contributed by atoms with E-state index in [4.69, 9.17) is 4.74 Å². The lowest BCUT2D eigenvalue weighted by molar-refractivity contribution is 0.0968. The standard InChI is InChI=1S/C14H22BNO3/c1-19-11-12-5-7-16(8-6-12)10-13-3-2-4-14(9-13)15(17)18/h2-4,9,12,17-18H,5-8,10-11H2,1H3. The van der Waals surface area contributed by atoms with Gasteiger partial charge in [-0.1, -0.05) is 24.3 Å². The Morgan fingerprint density at radius 1 is 1.32 bits per heavy atom. The highest BCUT2D eigenvalue weighted by Crippen LogP contribution is 2.18. The molecule has 1 aromatic rings. The molecule has 0 radical (unpaired) electrons. The molecule has 1 saturated heterocycles. The van der Waals surface area contributed by atoms with E-state index in [1.54, 1.807) is 13.2 Å². The number of hydrogen-bond acceptors (Lipinski definition) is 4. The molecule has 19 heavy (non-hydrogen) atoms. The van der Waals surface area contributed by atoms with Crippen molar-refractivity contribution in [3.8, 4) is 0 Å². The van der Waals surface area contributed by atoms with Gasteiger partial charge in [0.1, 0.15) is 0 Å². The van der Waals surface area contributed by atoms with E-state index in [0.717, 1.165) is 31.8 Å². The first-order valence-corrected chi connectivity index (χ1v) is 6.85. The summed E-state index contributed by atoms with van der Waals surface area (Å²) in [4.78, 5) is 2.41. The van der Waals surface area contributed by atoms with Gasteiger partial charge < -0.3 is 14.8 Å². The second-order valence-electron chi connectivity index (χ2n) is 5.29. The van der Waals surface area contributed by atoms with Crippen molar-refractivity contribution in [1.82, 2.24) is 4.90 Å². The minimum Gasteiger partial charge on any atom is -0.423 e. The molecular weight excluding hydrogens is 241 g/mol. The highest BCUT2D eigenvalue weighted by Gasteiger charge is 2.19. The van der Waals surface area contributed by atoms with Crippen LogP contribution < -0.4 is 5.46 Å². The number of hydrogen-bond donors (Lipinski definition) is 2. The van der Waals surface area contributed by atoms with E-state index in [0.29, 0.717) is 11.4 Å². The Balaban J connectivity index is 1.87. The quantitative estimate of drug-likeness (QED) is 0.746. The van der Waals surface area contributed by atoms with Crippen molar-refractivity contribution < 1.29 is 14.8 Å². The minimum atomic E-state index is -1.38. The summed E-state index contributed by atoms with van der Waals surface area (Å²) in [6, 6.07) is 7.51. The summed E-state index contributed by atoms with van der Waals surface area (Å²) in [5.41, 5.74) is 1.70. The van der Waals surface area contributed by atoms with Crippen molar-refractivity contribution in [2.75, 3.05) is 26.8 Å². The van der Waals surface area contributed by atoms with Crippen molar-refractivity contribution in [2.24, 2.45) is 5.92 Å². The summed E-state index contributed by atoms with van der Waals surface area (Å²) in [6.07, 6.45) is 2.35. The monoisotopic (exact) mass is 263 g/mol. The molecule has 1 aromatic carbocycles. The average molecular weight is 263 g/mol. The van der Waals surface area contributed by atoms with E-state index in [1.807, 2.05) is 18.2 Å². The van der Waals surface area contributed by atoms with Gasteiger partial charge in [-0.3, -0.25) is 4.90 Å². The molecule has 2 N–H and O–H groups in total. The fourth-order valence-corrected chi connectivity index (χ4v) is 2.66. The molecular formula is C14H22BNO3. The van der Waals surface area contributed by atoms with Crippen LogP contribution in [0.2, 0.25) is 0 Å². The molecule has 0 spiro atoms. The predicted molar refractivity (Wildman–Crippen MR) is 76.1 cm³/mol. The summed E-state index contributed by atoms with van der Waals surface area (Å²) < 4.78 is 5.20. The Kier molecular flexibility index (Phi) is 5.40. The topological polar surface area (TPSA) is 52.9 Å². The fourth-order valence-electron chi connectivity index (χ4n) is 2.66. The molecule has 0 amide bonds. The summed E-state index contributed by atoms with van der Waals surface area (Å²) in [5.74, 6) is 0.687. The van der Waals surface area contributed by atoms with Crippen LogP contribution >= 0.6 is 0 Å². The largest absolute Gasteiger partial charge is 0.488 e. The van der Waals surface area contributed by atoms with E-state index >= 15 is 0 Å². The summed E-state index contributed by atoms with van der Waals surface area (Å²) in [7, 11) is 0.380. The molecule has 0 bridgehead atoms. The van der Waals surface area contributed by atoms with E-state index < -0.39 is 7.12 Å². The van der Waals surface area contributed by atoms with Gasteiger partial charge in [-0.2, -0.15) is 0 Å². The van der Waals surface area contributed by atoms with Gasteiger partial charge in [-0.05, 0) is 42.9 Å². The first kappa shape index (κ1) is 14.5. The van der Waals surface area contributed by atoms with Gasteiger partial charge in [-0.25, -0.2) is 0 Å². The molecule has 1 aliphatic rings. The maximum Gasteiger partial charge on any atom is 0.488 e. The number of benzene rings is 1. The maximum absolute atomic E-state index is 9.18. The molecule has 1 fully saturated rings. The predicted octanol–water partition coefficient (Wildman–Crippen LogP) is 0.225. The molecule has 5 heteroatoms. The van der Waals surface area contributed by atoms with Crippen molar-refractivity contribution in [3.63, 3.8) is 0 Å². The molecule has 0 atom stereocenters. The van der Waals surface area contributed by atoms with Crippen LogP contribution in [-0.4, -0.2) is 48.9 Å². The number of piperidine rings is 1. The van der Waals surface area contributed by atoms with E-state index in [1.165, 1.54) is 12.8 Å². The molecule has 1 heterocycles. The molecule has 0 saturated carbocycles. The van der Waals surface area contributed by atoms with Crippen LogP contribution in [0.5, 0.6) is 0 Å². The Hall–Kier alpha value is -0.875. The lowest BCUT2D eigenvalue weighted by atomic mass is 9.79. The number of ether oxygens (including phenoxy) is 1. The minimum absolute atomic E-state index is 0.562. The molecule has 4 nitrogen and oxygen atoms in total. The normalized spacial score (nSPS) is 17.6. The highest BCUT2D eigenvalue weighted by atomic mass is 16.5. The zero-order chi connectivity index (χ0) is 13.7. The second-order valence-corrected chi connectivity index (χ2v) is 5.29. The number of likely N-dealkylation sites (tertiary alicyclic amines) is 1. The smallest absolute Gasteiger partial charge is 0.423 e. The van der Waals surface area contributed by atoms with Crippen molar-refractivity contribution in [2.45, 2.75) is 19.4 Å². The molecule has 1 aliphatic heterocycles. The van der Waals surface area contributed by atoms with Gasteiger partial charge in [0.05, 0.1) is 0 Å². The van der Waals surface area contributed by atoms with Gasteiger partial charge >= 0.3 is 7.12 Å². The molecule has 2 rings (SSSR count). The van der Waals surface area contributed by atoms with E-state index in [-0.39, 0.29) is 0 Å². The first-order valence-electron chi connectivity index (χ1n) is 6.85. The Morgan fingerprint density at radius 2 is 2.05 bits per heavy atom. The third kappa shape index (κ3) is 4.32. The summed E-state index contributed by atoms with van der Waals surface area (Å²) >= 11 is 0. The average Bonchev–Trinajstić information content (AvgIpc) is 2.42. The zero-order valence-corrected chi connectivity index (χ0v) is 11.5. The third-order valence-electron chi connectivity index (χ3n) is 3.76. The Labute approximate surface area is 115 Å². The number of nitrogens with zero attached hydrogens (tertiary/aromatic N) is 1. The fraction of sp³-hybridized carbons (Fsp3) is 0.571. The SMILES string of the molecule is COCC1CCN(Cc2cccc(B(O)O)c2)CC1. The Bertz CT molecular complexity index is 392. The highest BCUT2D eigenvalue weighted by molar-refractivity contribution is 6.58. The zero-order valence-electron chi connectivity index (χ0n) is 11.5. The maximum atomic E-state index is 9.18. The first-order chi connectivity index (χ1) is 9.19. The molecule has 104 valence electrons. The summed E-state index contributed by atoms with van der Waals surface area (Å²) in [5, 5.41) is 18.4. The van der Waals surface area contributed by atoms with Gasteiger partial charge in [0, 0.05) is 20.3 Å². The van der Waals surface area contributed by atoms with Crippen LogP contribution in [0.25, 0.3) is 0 Å². The lowest BCUT2D eigenvalue weighted by Gasteiger charge is -2.31. The Morgan fingerprint density at radius 3 is 2.68 bits per heavy atom. The van der Waals surface area contributed by atoms with Crippen molar-refractivity contribution in [1.29, 1.82) is 0 Å². The van der Waals surface area contributed by atoms with Gasteiger partial charge in [0.2, 0.25) is 0 Å². The van der Waals surface area contributed by atoms with Crippen molar-refractivity contribution >= 4 is 12.6 Å². The molecule has 0 unspecified atom stereocenters. The third-order valence-corrected chi connectivity index (χ3v) is 3.76. The van der Waals surface area contributed by atoms with Crippen LogP contribution in [0.4, 0.5) is 0 Å². The van der Waals surface area contributed by atoms with Crippen LogP contribution in [0, 0.1) is 5.92 Å².